The van der Waals surface area contributed by atoms with E-state index in [1.54, 1.807) is 0 Å². The van der Waals surface area contributed by atoms with Gasteiger partial charge in [-0.25, -0.2) is 9.97 Å². The lowest BCUT2D eigenvalue weighted by Crippen LogP contribution is -2.11. The molecule has 76 valence electrons. The first kappa shape index (κ1) is 9.63. The van der Waals surface area contributed by atoms with Crippen LogP contribution in [0.5, 0.6) is 0 Å². The van der Waals surface area contributed by atoms with Crippen LogP contribution in [0, 0.1) is 12.8 Å². The Kier molecular flexibility index (Phi) is 3.12. The third-order valence-corrected chi connectivity index (χ3v) is 3.04. The zero-order valence-electron chi connectivity index (χ0n) is 8.87. The molecule has 1 aromatic heterocycles. The highest BCUT2D eigenvalue weighted by atomic mass is 14.9. The minimum atomic E-state index is 0.838. The molecular weight excluding hydrogens is 172 g/mol. The van der Waals surface area contributed by atoms with Crippen LogP contribution in [0.4, 0.5) is 0 Å². The molecule has 0 N–H and O–H groups in total. The fraction of sp³-hybridized carbons (Fsp3) is 0.667. The maximum Gasteiger partial charge on any atom is 0.128 e. The first-order valence-electron chi connectivity index (χ1n) is 5.63. The molecule has 2 rings (SSSR count). The summed E-state index contributed by atoms with van der Waals surface area (Å²) in [7, 11) is 0. The lowest BCUT2D eigenvalue weighted by Gasteiger charge is -2.20. The quantitative estimate of drug-likeness (QED) is 0.716. The van der Waals surface area contributed by atoms with Gasteiger partial charge in [0.05, 0.1) is 0 Å². The normalized spacial score (nSPS) is 18.4. The number of hydrogen-bond donors (Lipinski definition) is 0. The summed E-state index contributed by atoms with van der Waals surface area (Å²) in [6, 6.07) is 1.96. The average Bonchev–Trinajstić information content (AvgIpc) is 2.19. The van der Waals surface area contributed by atoms with E-state index in [1.165, 1.54) is 32.1 Å². The second kappa shape index (κ2) is 4.54. The van der Waals surface area contributed by atoms with Gasteiger partial charge >= 0.3 is 0 Å². The number of nitrogens with zero attached hydrogens (tertiary/aromatic N) is 2. The zero-order valence-corrected chi connectivity index (χ0v) is 8.87. The van der Waals surface area contributed by atoms with E-state index in [-0.39, 0.29) is 0 Å². The average molecular weight is 190 g/mol. The maximum absolute atomic E-state index is 4.46. The van der Waals surface area contributed by atoms with E-state index in [0.717, 1.165) is 23.9 Å². The molecule has 0 aromatic carbocycles. The molecule has 1 aliphatic rings. The predicted octanol–water partition coefficient (Wildman–Crippen LogP) is 2.91. The summed E-state index contributed by atoms with van der Waals surface area (Å²) in [6.07, 6.45) is 9.93. The standard InChI is InChI=1S/C12H18N2/c1-10-7-8-13-12(14-10)9-11-5-3-2-4-6-11/h7-8,11H,2-6,9H2,1H3. The second-order valence-electron chi connectivity index (χ2n) is 4.32. The lowest BCUT2D eigenvalue weighted by molar-refractivity contribution is 0.351. The van der Waals surface area contributed by atoms with E-state index < -0.39 is 0 Å². The fourth-order valence-corrected chi connectivity index (χ4v) is 2.25. The number of aromatic nitrogens is 2. The number of aryl methyl sites for hydroxylation is 1. The van der Waals surface area contributed by atoms with Crippen LogP contribution in [0.25, 0.3) is 0 Å². The van der Waals surface area contributed by atoms with Crippen LogP contribution in [0.1, 0.15) is 43.6 Å². The molecule has 1 heterocycles. The molecule has 2 nitrogen and oxygen atoms in total. The van der Waals surface area contributed by atoms with E-state index in [9.17, 15) is 0 Å². The van der Waals surface area contributed by atoms with Gasteiger partial charge < -0.3 is 0 Å². The molecule has 0 saturated heterocycles. The van der Waals surface area contributed by atoms with Gasteiger partial charge in [-0.1, -0.05) is 32.1 Å². The predicted molar refractivity (Wildman–Crippen MR) is 57.0 cm³/mol. The van der Waals surface area contributed by atoms with Gasteiger partial charge in [0, 0.05) is 18.3 Å². The first-order valence-corrected chi connectivity index (χ1v) is 5.63. The monoisotopic (exact) mass is 190 g/mol. The molecule has 1 fully saturated rings. The van der Waals surface area contributed by atoms with Crippen molar-refractivity contribution in [3.63, 3.8) is 0 Å². The van der Waals surface area contributed by atoms with Crippen molar-refractivity contribution in [1.82, 2.24) is 9.97 Å². The molecule has 0 radical (unpaired) electrons. The van der Waals surface area contributed by atoms with Crippen LogP contribution in [0.2, 0.25) is 0 Å². The Labute approximate surface area is 85.8 Å². The number of rotatable bonds is 2. The third-order valence-electron chi connectivity index (χ3n) is 3.04. The van der Waals surface area contributed by atoms with Gasteiger partial charge in [-0.3, -0.25) is 0 Å². The molecule has 0 atom stereocenters. The Morgan fingerprint density at radius 1 is 1.29 bits per heavy atom. The van der Waals surface area contributed by atoms with Gasteiger partial charge in [-0.05, 0) is 18.9 Å². The highest BCUT2D eigenvalue weighted by Crippen LogP contribution is 2.25. The molecule has 0 spiro atoms. The summed E-state index contributed by atoms with van der Waals surface area (Å²) in [5.74, 6) is 1.88. The van der Waals surface area contributed by atoms with Crippen molar-refractivity contribution in [3.05, 3.63) is 23.8 Å². The van der Waals surface area contributed by atoms with Crippen molar-refractivity contribution >= 4 is 0 Å². The Morgan fingerprint density at radius 2 is 2.07 bits per heavy atom. The molecule has 0 amide bonds. The van der Waals surface area contributed by atoms with E-state index in [0.29, 0.717) is 0 Å². The van der Waals surface area contributed by atoms with Crippen molar-refractivity contribution in [3.8, 4) is 0 Å². The lowest BCUT2D eigenvalue weighted by atomic mass is 9.87. The molecule has 14 heavy (non-hydrogen) atoms. The maximum atomic E-state index is 4.46. The van der Waals surface area contributed by atoms with Crippen LogP contribution in [0.3, 0.4) is 0 Å². The molecule has 1 aromatic rings. The molecule has 0 unspecified atom stereocenters. The summed E-state index contributed by atoms with van der Waals surface area (Å²) in [4.78, 5) is 8.78. The van der Waals surface area contributed by atoms with E-state index in [2.05, 4.69) is 9.97 Å². The summed E-state index contributed by atoms with van der Waals surface area (Å²) in [5.41, 5.74) is 1.09. The van der Waals surface area contributed by atoms with Crippen molar-refractivity contribution in [2.75, 3.05) is 0 Å². The van der Waals surface area contributed by atoms with Gasteiger partial charge in [0.25, 0.3) is 0 Å². The second-order valence-corrected chi connectivity index (χ2v) is 4.32. The van der Waals surface area contributed by atoms with E-state index in [1.807, 2.05) is 19.2 Å². The minimum Gasteiger partial charge on any atom is -0.241 e. The summed E-state index contributed by atoms with van der Waals surface area (Å²) >= 11 is 0. The van der Waals surface area contributed by atoms with Crippen molar-refractivity contribution in [2.24, 2.45) is 5.92 Å². The molecule has 0 bridgehead atoms. The molecule has 2 heteroatoms. The highest BCUT2D eigenvalue weighted by Gasteiger charge is 2.14. The van der Waals surface area contributed by atoms with Crippen molar-refractivity contribution in [2.45, 2.75) is 45.4 Å². The van der Waals surface area contributed by atoms with Crippen LogP contribution in [-0.2, 0) is 6.42 Å². The molecular formula is C12H18N2. The SMILES string of the molecule is Cc1ccnc(CC2CCCCC2)n1. The van der Waals surface area contributed by atoms with E-state index in [4.69, 9.17) is 0 Å². The van der Waals surface area contributed by atoms with Gasteiger partial charge in [-0.2, -0.15) is 0 Å². The topological polar surface area (TPSA) is 25.8 Å². The fourth-order valence-electron chi connectivity index (χ4n) is 2.25. The molecule has 1 saturated carbocycles. The highest BCUT2D eigenvalue weighted by molar-refractivity contribution is 5.00. The third kappa shape index (κ3) is 2.53. The van der Waals surface area contributed by atoms with E-state index >= 15 is 0 Å². The minimum absolute atomic E-state index is 0.838. The van der Waals surface area contributed by atoms with Crippen molar-refractivity contribution < 1.29 is 0 Å². The van der Waals surface area contributed by atoms with Gasteiger partial charge in [-0.15, -0.1) is 0 Å². The Balaban J connectivity index is 1.95. The van der Waals surface area contributed by atoms with Crippen LogP contribution < -0.4 is 0 Å². The van der Waals surface area contributed by atoms with Gasteiger partial charge in [0.1, 0.15) is 5.82 Å². The Hall–Kier alpha value is -0.920. The Morgan fingerprint density at radius 3 is 2.79 bits per heavy atom. The van der Waals surface area contributed by atoms with Gasteiger partial charge in [0.15, 0.2) is 0 Å². The van der Waals surface area contributed by atoms with Crippen molar-refractivity contribution in [1.29, 1.82) is 0 Å². The van der Waals surface area contributed by atoms with Crippen LogP contribution in [0.15, 0.2) is 12.3 Å². The molecule has 1 aliphatic carbocycles. The van der Waals surface area contributed by atoms with Gasteiger partial charge in [0.2, 0.25) is 0 Å². The van der Waals surface area contributed by atoms with Crippen LogP contribution >= 0.6 is 0 Å². The summed E-state index contributed by atoms with van der Waals surface area (Å²) < 4.78 is 0. The van der Waals surface area contributed by atoms with Crippen LogP contribution in [-0.4, -0.2) is 9.97 Å². The smallest absolute Gasteiger partial charge is 0.128 e. The zero-order chi connectivity index (χ0) is 9.80. The summed E-state index contributed by atoms with van der Waals surface area (Å²) in [6.45, 7) is 2.03. The first-order chi connectivity index (χ1) is 6.84. The molecule has 0 aliphatic heterocycles. The summed E-state index contributed by atoms with van der Waals surface area (Å²) in [5, 5.41) is 0. The largest absolute Gasteiger partial charge is 0.241 e. The number of hydrogen-bond acceptors (Lipinski definition) is 2. The Bertz CT molecular complexity index is 290.